The molecular weight excluding hydrogens is 600 g/mol. The van der Waals surface area contributed by atoms with Crippen LogP contribution in [0.25, 0.3) is 0 Å². The molecule has 2 aliphatic rings. The lowest BCUT2D eigenvalue weighted by Crippen LogP contribution is -2.71. The van der Waals surface area contributed by atoms with Gasteiger partial charge in [-0.05, 0) is 31.2 Å². The van der Waals surface area contributed by atoms with Crippen molar-refractivity contribution in [1.82, 2.24) is 20.2 Å². The minimum Gasteiger partial charge on any atom is -0.543 e. The van der Waals surface area contributed by atoms with Crippen LogP contribution in [0.15, 0.2) is 33.0 Å². The second kappa shape index (κ2) is 11.3. The Morgan fingerprint density at radius 1 is 1.34 bits per heavy atom. The summed E-state index contributed by atoms with van der Waals surface area (Å²) in [6.45, 7) is 2.45. The van der Waals surface area contributed by atoms with Crippen molar-refractivity contribution in [3.8, 4) is 0 Å². The van der Waals surface area contributed by atoms with Gasteiger partial charge < -0.3 is 42.4 Å². The Labute approximate surface area is 243 Å². The van der Waals surface area contributed by atoms with E-state index >= 15 is 0 Å². The first-order chi connectivity index (χ1) is 19.2. The highest BCUT2D eigenvalue weighted by atomic mass is 32.2. The van der Waals surface area contributed by atoms with Crippen LogP contribution in [0.1, 0.15) is 19.5 Å². The van der Waals surface area contributed by atoms with E-state index in [0.29, 0.717) is 5.57 Å². The summed E-state index contributed by atoms with van der Waals surface area (Å²) in [6, 6.07) is 0.231. The van der Waals surface area contributed by atoms with Gasteiger partial charge in [-0.1, -0.05) is 10.1 Å². The predicted octanol–water partition coefficient (Wildman–Crippen LogP) is -2.93. The van der Waals surface area contributed by atoms with Gasteiger partial charge in [-0.3, -0.25) is 20.3 Å². The summed E-state index contributed by atoms with van der Waals surface area (Å²) in [4.78, 5) is 63.9. The number of carboxylic acids is 2. The summed E-state index contributed by atoms with van der Waals surface area (Å²) in [5, 5.41) is 28.6. The van der Waals surface area contributed by atoms with Crippen LogP contribution in [0, 0.1) is 0 Å². The number of thiazole rings is 1. The second-order valence-corrected chi connectivity index (χ2v) is 12.0. The van der Waals surface area contributed by atoms with Crippen molar-refractivity contribution < 1.29 is 38.9 Å². The molecule has 41 heavy (non-hydrogen) atoms. The van der Waals surface area contributed by atoms with Gasteiger partial charge in [0.05, 0.1) is 17.7 Å². The molecule has 0 bridgehead atoms. The van der Waals surface area contributed by atoms with E-state index in [1.54, 1.807) is 0 Å². The predicted molar refractivity (Wildman–Crippen MR) is 147 cm³/mol. The highest BCUT2D eigenvalue weighted by molar-refractivity contribution is 8.01. The number of hydrogen-bond donors (Lipinski definition) is 6. The van der Waals surface area contributed by atoms with E-state index in [0.717, 1.165) is 32.7 Å². The first-order valence-corrected chi connectivity index (χ1v) is 14.4. The zero-order chi connectivity index (χ0) is 30.2. The van der Waals surface area contributed by atoms with Crippen LogP contribution in [0.4, 0.5) is 16.8 Å². The molecule has 1 fully saturated rings. The van der Waals surface area contributed by atoms with E-state index in [1.807, 2.05) is 0 Å². The Hall–Kier alpha value is -4.30. The van der Waals surface area contributed by atoms with E-state index in [4.69, 9.17) is 27.9 Å². The third kappa shape index (κ3) is 5.93. The lowest BCUT2D eigenvalue weighted by Gasteiger charge is -2.50. The molecule has 218 valence electrons. The number of aliphatic carboxylic acids is 2. The van der Waals surface area contributed by atoms with Gasteiger partial charge in [-0.15, -0.1) is 27.8 Å². The molecule has 4 rings (SSSR count). The molecule has 20 heteroatoms. The monoisotopic (exact) mass is 624 g/mol. The van der Waals surface area contributed by atoms with Crippen molar-refractivity contribution in [2.24, 2.45) is 5.16 Å². The molecule has 2 amide bonds. The molecule has 10 N–H and O–H groups in total. The number of fused-ring (bicyclic) bond motifs is 1. The fourth-order valence-electron chi connectivity index (χ4n) is 3.57. The van der Waals surface area contributed by atoms with Crippen LogP contribution in [0.5, 0.6) is 0 Å². The quantitative estimate of drug-likeness (QED) is 0.0293. The molecule has 2 aromatic heterocycles. The summed E-state index contributed by atoms with van der Waals surface area (Å²) in [5.41, 5.74) is 15.0. The molecule has 4 heterocycles. The minimum absolute atomic E-state index is 0.00585. The Balaban J connectivity index is 1.53. The summed E-state index contributed by atoms with van der Waals surface area (Å²) < 4.78 is 1.09. The number of amides is 2. The summed E-state index contributed by atoms with van der Waals surface area (Å²) in [6.07, 6.45) is 0. The number of carbonyl (C=O) groups is 4. The average Bonchev–Trinajstić information content (AvgIpc) is 3.33. The van der Waals surface area contributed by atoms with Crippen molar-refractivity contribution in [3.05, 3.63) is 28.4 Å². The maximum atomic E-state index is 13.2. The molecule has 0 spiro atoms. The van der Waals surface area contributed by atoms with Crippen LogP contribution in [-0.4, -0.2) is 78.0 Å². The van der Waals surface area contributed by atoms with Gasteiger partial charge in [0, 0.05) is 16.9 Å². The number of carbonyl (C=O) groups excluding carboxylic acids is 3. The first kappa shape index (κ1) is 29.7. The lowest BCUT2D eigenvalue weighted by atomic mass is 10.0. The van der Waals surface area contributed by atoms with Crippen molar-refractivity contribution in [2.75, 3.05) is 34.5 Å². The fraction of sp³-hybridized carbons (Fsp3) is 0.333. The van der Waals surface area contributed by atoms with Gasteiger partial charge in [-0.25, -0.2) is 9.78 Å². The van der Waals surface area contributed by atoms with Gasteiger partial charge in [0.15, 0.2) is 10.8 Å². The van der Waals surface area contributed by atoms with Gasteiger partial charge in [-0.2, -0.15) is 0 Å². The number of oxime groups is 1. The van der Waals surface area contributed by atoms with E-state index in [1.165, 1.54) is 37.1 Å². The van der Waals surface area contributed by atoms with E-state index in [9.17, 15) is 29.4 Å². The van der Waals surface area contributed by atoms with E-state index in [2.05, 4.69) is 20.4 Å². The standard InChI is InChI=1S/C21H24N10O7S3/c1-21(2,18(36)37)38-29-11(8-6-40-19(24)26-8)14(32)28-12-15(33)30-13(17(34)35)7(4-39-16(12)30)5-41-20-27-9(22)3-10(23)31(20)25/h3,6,12,16H,4-5,25H2,1-2H3,(H8,22,23,24,26,28,32,34,35,36,37)/b29-11-. The molecule has 2 unspecified atom stereocenters. The van der Waals surface area contributed by atoms with Crippen LogP contribution in [-0.2, 0) is 24.0 Å². The third-order valence-corrected chi connectivity index (χ3v) is 8.82. The summed E-state index contributed by atoms with van der Waals surface area (Å²) in [5.74, 6) is 1.87. The molecule has 0 radical (unpaired) electrons. The Morgan fingerprint density at radius 3 is 2.66 bits per heavy atom. The maximum absolute atomic E-state index is 13.2. The Bertz CT molecular complexity index is 1510. The highest BCUT2D eigenvalue weighted by Gasteiger charge is 2.53. The van der Waals surface area contributed by atoms with Gasteiger partial charge >= 0.3 is 11.1 Å². The molecule has 2 aliphatic heterocycles. The molecule has 1 saturated heterocycles. The number of rotatable bonds is 10. The molecular formula is C21H24N10O7S3. The number of nitrogens with one attached hydrogen (secondary N) is 1. The number of thioether (sulfide) groups is 2. The van der Waals surface area contributed by atoms with Crippen LogP contribution in [0.3, 0.4) is 0 Å². The number of nitrogens with zero attached hydrogens (tertiary/aromatic N) is 5. The summed E-state index contributed by atoms with van der Waals surface area (Å²) >= 11 is 3.28. The van der Waals surface area contributed by atoms with Crippen LogP contribution in [0.2, 0.25) is 0 Å². The van der Waals surface area contributed by atoms with Crippen molar-refractivity contribution in [2.45, 2.75) is 36.0 Å². The molecule has 17 nitrogen and oxygen atoms in total. The normalized spacial score (nSPS) is 18.9. The van der Waals surface area contributed by atoms with Crippen LogP contribution < -0.4 is 38.1 Å². The molecule has 0 saturated carbocycles. The lowest BCUT2D eigenvalue weighted by molar-refractivity contribution is -0.667. The minimum atomic E-state index is -1.78. The number of carboxylic acid groups (broad SMARTS) is 2. The second-order valence-electron chi connectivity index (χ2n) is 9.07. The SMILES string of the molecule is CC(C)(O/N=C(\C(=O)NC1C(=O)N2C(C(=O)[O-])=C(CSc3nc(N)cc(N)[n+]3N)CSC12)c1csc(N)n1)C(=O)O. The van der Waals surface area contributed by atoms with Gasteiger partial charge in [0.2, 0.25) is 17.2 Å². The van der Waals surface area contributed by atoms with Crippen LogP contribution >= 0.6 is 34.9 Å². The summed E-state index contributed by atoms with van der Waals surface area (Å²) in [7, 11) is 0. The molecule has 2 atom stereocenters. The molecule has 0 aromatic carbocycles. The number of nitrogen functional groups attached to an aromatic ring is 4. The fourth-order valence-corrected chi connectivity index (χ4v) is 6.55. The largest absolute Gasteiger partial charge is 0.543 e. The van der Waals surface area contributed by atoms with E-state index < -0.39 is 46.5 Å². The third-order valence-electron chi connectivity index (χ3n) is 5.77. The zero-order valence-corrected chi connectivity index (χ0v) is 23.8. The maximum Gasteiger partial charge on any atom is 0.350 e. The topological polar surface area (TPSA) is 282 Å². The van der Waals surface area contributed by atoms with Gasteiger partial charge in [0.25, 0.3) is 11.8 Å². The van der Waals surface area contributed by atoms with E-state index in [-0.39, 0.29) is 44.8 Å². The Morgan fingerprint density at radius 2 is 2.05 bits per heavy atom. The number of aromatic nitrogens is 3. The first-order valence-electron chi connectivity index (χ1n) is 11.5. The van der Waals surface area contributed by atoms with Crippen molar-refractivity contribution in [1.29, 1.82) is 0 Å². The van der Waals surface area contributed by atoms with Gasteiger partial charge in [0.1, 0.15) is 17.1 Å². The highest BCUT2D eigenvalue weighted by Crippen LogP contribution is 2.41. The molecule has 0 aliphatic carbocycles. The number of nitrogens with two attached hydrogens (primary N) is 4. The average molecular weight is 625 g/mol. The number of β-lactam (4-membered cyclic amide) rings is 1. The molecule has 2 aromatic rings. The Kier molecular flexibility index (Phi) is 8.17. The van der Waals surface area contributed by atoms with Crippen molar-refractivity contribution in [3.63, 3.8) is 0 Å². The number of hydrogen-bond acceptors (Lipinski definition) is 16. The number of anilines is 3. The van der Waals surface area contributed by atoms with Crippen molar-refractivity contribution >= 4 is 81.1 Å². The smallest absolute Gasteiger partial charge is 0.350 e. The zero-order valence-electron chi connectivity index (χ0n) is 21.4.